The number of methoxy groups -OCH3 is 2. The third kappa shape index (κ3) is 5.21. The van der Waals surface area contributed by atoms with E-state index in [1.54, 1.807) is 14.2 Å². The van der Waals surface area contributed by atoms with Gasteiger partial charge in [-0.1, -0.05) is 42.5 Å². The molecule has 39 heavy (non-hydrogen) atoms. The number of rotatable bonds is 8. The number of carbonyl (C=O) groups is 1. The van der Waals surface area contributed by atoms with Gasteiger partial charge in [-0.25, -0.2) is 4.79 Å². The number of nitrogens with zero attached hydrogens (tertiary/aromatic N) is 2. The summed E-state index contributed by atoms with van der Waals surface area (Å²) in [5.41, 5.74) is 4.10. The molecule has 7 heteroatoms. The van der Waals surface area contributed by atoms with E-state index in [0.29, 0.717) is 33.6 Å². The largest absolute Gasteiger partial charge is 0.496 e. The minimum Gasteiger partial charge on any atom is -0.496 e. The van der Waals surface area contributed by atoms with Gasteiger partial charge < -0.3 is 23.7 Å². The molecule has 2 heterocycles. The van der Waals surface area contributed by atoms with Crippen LogP contribution in [0.1, 0.15) is 36.3 Å². The quantitative estimate of drug-likeness (QED) is 0.275. The van der Waals surface area contributed by atoms with E-state index < -0.39 is 11.5 Å². The van der Waals surface area contributed by atoms with E-state index in [4.69, 9.17) is 13.9 Å². The Morgan fingerprint density at radius 3 is 2.23 bits per heavy atom. The molecule has 7 nitrogen and oxygen atoms in total. The van der Waals surface area contributed by atoms with Crippen LogP contribution in [0.3, 0.4) is 0 Å². The predicted octanol–water partition coefficient (Wildman–Crippen LogP) is 5.69. The van der Waals surface area contributed by atoms with Crippen molar-refractivity contribution >= 4 is 22.6 Å². The summed E-state index contributed by atoms with van der Waals surface area (Å²) in [6.45, 7) is 1.53. The first kappa shape index (κ1) is 26.4. The minimum atomic E-state index is -0.481. The number of benzene rings is 3. The third-order valence-electron chi connectivity index (χ3n) is 7.50. The summed E-state index contributed by atoms with van der Waals surface area (Å²) in [4.78, 5) is 30.5. The van der Waals surface area contributed by atoms with Crippen LogP contribution in [-0.2, 0) is 4.79 Å². The van der Waals surface area contributed by atoms with Crippen LogP contribution in [0, 0.1) is 0 Å². The molecule has 1 fully saturated rings. The lowest BCUT2D eigenvalue weighted by Crippen LogP contribution is -2.29. The normalized spacial score (nSPS) is 13.9. The highest BCUT2D eigenvalue weighted by Gasteiger charge is 2.31. The lowest BCUT2D eigenvalue weighted by molar-refractivity contribution is -0.130. The van der Waals surface area contributed by atoms with Crippen molar-refractivity contribution < 1.29 is 18.7 Å². The molecular formula is C32H34N2O5. The number of hydrogen-bond donors (Lipinski definition) is 0. The van der Waals surface area contributed by atoms with E-state index in [9.17, 15) is 9.59 Å². The summed E-state index contributed by atoms with van der Waals surface area (Å²) in [5, 5.41) is 0.669. The summed E-state index contributed by atoms with van der Waals surface area (Å²) in [5.74, 6) is 0.693. The first-order valence-corrected chi connectivity index (χ1v) is 13.2. The molecule has 1 atom stereocenters. The van der Waals surface area contributed by atoms with E-state index in [1.807, 2.05) is 84.6 Å². The summed E-state index contributed by atoms with van der Waals surface area (Å²) in [7, 11) is 7.15. The van der Waals surface area contributed by atoms with Gasteiger partial charge in [0.1, 0.15) is 17.1 Å². The van der Waals surface area contributed by atoms with Gasteiger partial charge in [0, 0.05) is 68.5 Å². The molecular weight excluding hydrogens is 492 g/mol. The molecule has 202 valence electrons. The molecule has 1 aromatic heterocycles. The maximum absolute atomic E-state index is 13.6. The first-order chi connectivity index (χ1) is 18.9. The molecule has 1 amide bonds. The van der Waals surface area contributed by atoms with E-state index in [-0.39, 0.29) is 12.3 Å². The van der Waals surface area contributed by atoms with Gasteiger partial charge >= 0.3 is 5.63 Å². The zero-order chi connectivity index (χ0) is 27.5. The SMILES string of the molecule is COc1cc(OC)c2c(-c3ccccc3)cc(=O)oc2c1[C@H](CC(=O)N1CCCC1)c1ccc(N(C)C)cc1. The fourth-order valence-electron chi connectivity index (χ4n) is 5.48. The maximum Gasteiger partial charge on any atom is 0.336 e. The summed E-state index contributed by atoms with van der Waals surface area (Å²) in [6.07, 6.45) is 2.24. The number of carbonyl (C=O) groups excluding carboxylic acids is 1. The topological polar surface area (TPSA) is 72.2 Å². The van der Waals surface area contributed by atoms with Crippen LogP contribution in [0.4, 0.5) is 5.69 Å². The first-order valence-electron chi connectivity index (χ1n) is 13.2. The highest BCUT2D eigenvalue weighted by atomic mass is 16.5. The Bertz CT molecular complexity index is 1520. The minimum absolute atomic E-state index is 0.0711. The van der Waals surface area contributed by atoms with Gasteiger partial charge in [0.05, 0.1) is 19.6 Å². The zero-order valence-electron chi connectivity index (χ0n) is 22.9. The molecule has 4 aromatic rings. The van der Waals surface area contributed by atoms with Crippen molar-refractivity contribution in [2.24, 2.45) is 0 Å². The summed E-state index contributed by atoms with van der Waals surface area (Å²) >= 11 is 0. The van der Waals surface area contributed by atoms with Crippen molar-refractivity contribution in [1.82, 2.24) is 4.90 Å². The molecule has 0 unspecified atom stereocenters. The molecule has 0 radical (unpaired) electrons. The molecule has 0 saturated carbocycles. The molecule has 1 aliphatic heterocycles. The van der Waals surface area contributed by atoms with Crippen LogP contribution in [0.15, 0.2) is 75.9 Å². The predicted molar refractivity (Wildman–Crippen MR) is 154 cm³/mol. The smallest absolute Gasteiger partial charge is 0.336 e. The van der Waals surface area contributed by atoms with Gasteiger partial charge in [-0.15, -0.1) is 0 Å². The Labute approximate surface area is 228 Å². The van der Waals surface area contributed by atoms with Crippen molar-refractivity contribution in [2.45, 2.75) is 25.2 Å². The van der Waals surface area contributed by atoms with Gasteiger partial charge in [0.15, 0.2) is 0 Å². The van der Waals surface area contributed by atoms with Crippen molar-refractivity contribution in [3.8, 4) is 22.6 Å². The van der Waals surface area contributed by atoms with Gasteiger partial charge in [-0.05, 0) is 36.1 Å². The fourth-order valence-corrected chi connectivity index (χ4v) is 5.48. The highest BCUT2D eigenvalue weighted by molar-refractivity contribution is 6.01. The average Bonchev–Trinajstić information content (AvgIpc) is 3.50. The van der Waals surface area contributed by atoms with E-state index in [1.165, 1.54) is 6.07 Å². The van der Waals surface area contributed by atoms with Crippen LogP contribution in [0.2, 0.25) is 0 Å². The number of amides is 1. The lowest BCUT2D eigenvalue weighted by Gasteiger charge is -2.25. The van der Waals surface area contributed by atoms with E-state index >= 15 is 0 Å². The van der Waals surface area contributed by atoms with Crippen molar-refractivity contribution in [3.05, 3.63) is 88.3 Å². The van der Waals surface area contributed by atoms with Crippen LogP contribution in [-0.4, -0.2) is 52.2 Å². The fraction of sp³-hybridized carbons (Fsp3) is 0.312. The van der Waals surface area contributed by atoms with Crippen LogP contribution < -0.4 is 20.0 Å². The zero-order valence-corrected chi connectivity index (χ0v) is 22.9. The maximum atomic E-state index is 13.6. The second-order valence-electron chi connectivity index (χ2n) is 10.1. The molecule has 5 rings (SSSR count). The number of likely N-dealkylation sites (tertiary alicyclic amines) is 1. The summed E-state index contributed by atoms with van der Waals surface area (Å²) < 4.78 is 17.6. The Morgan fingerprint density at radius 1 is 0.949 bits per heavy atom. The molecule has 0 bridgehead atoms. The van der Waals surface area contributed by atoms with Gasteiger partial charge in [-0.3, -0.25) is 4.79 Å². The molecule has 3 aromatic carbocycles. The van der Waals surface area contributed by atoms with Crippen molar-refractivity contribution in [2.75, 3.05) is 46.3 Å². The molecule has 0 aliphatic carbocycles. The molecule has 1 aliphatic rings. The Morgan fingerprint density at radius 2 is 1.62 bits per heavy atom. The van der Waals surface area contributed by atoms with Gasteiger partial charge in [0.2, 0.25) is 5.91 Å². The van der Waals surface area contributed by atoms with E-state index in [2.05, 4.69) is 0 Å². The second kappa shape index (κ2) is 11.2. The monoisotopic (exact) mass is 526 g/mol. The lowest BCUT2D eigenvalue weighted by atomic mass is 9.85. The number of fused-ring (bicyclic) bond motifs is 1. The Kier molecular flexibility index (Phi) is 7.59. The number of ether oxygens (including phenoxy) is 2. The average molecular weight is 527 g/mol. The number of hydrogen-bond acceptors (Lipinski definition) is 6. The number of anilines is 1. The molecule has 1 saturated heterocycles. The van der Waals surface area contributed by atoms with Crippen molar-refractivity contribution in [3.63, 3.8) is 0 Å². The Balaban J connectivity index is 1.78. The molecule has 0 spiro atoms. The molecule has 0 N–H and O–H groups in total. The van der Waals surface area contributed by atoms with Crippen LogP contribution in [0.25, 0.3) is 22.1 Å². The van der Waals surface area contributed by atoms with E-state index in [0.717, 1.165) is 42.7 Å². The van der Waals surface area contributed by atoms with Gasteiger partial charge in [-0.2, -0.15) is 0 Å². The second-order valence-corrected chi connectivity index (χ2v) is 10.1. The standard InChI is InChI=1S/C32H34N2O5/c1-33(2)23-14-12-22(13-15-23)24(18-28(35)34-16-8-9-17-34)30-26(37-3)20-27(38-4)31-25(19-29(36)39-32(30)31)21-10-6-5-7-11-21/h5-7,10-15,19-20,24H,8-9,16-18H2,1-4H3/t24-/m1/s1. The van der Waals surface area contributed by atoms with Crippen LogP contribution in [0.5, 0.6) is 11.5 Å². The highest BCUT2D eigenvalue weighted by Crippen LogP contribution is 2.46. The summed E-state index contributed by atoms with van der Waals surface area (Å²) in [6, 6.07) is 21.1. The Hall–Kier alpha value is -4.26. The third-order valence-corrected chi connectivity index (χ3v) is 7.50. The van der Waals surface area contributed by atoms with Crippen LogP contribution >= 0.6 is 0 Å². The van der Waals surface area contributed by atoms with Crippen molar-refractivity contribution in [1.29, 1.82) is 0 Å². The van der Waals surface area contributed by atoms with Gasteiger partial charge in [0.25, 0.3) is 0 Å².